The highest BCUT2D eigenvalue weighted by Crippen LogP contribution is 2.56. The predicted octanol–water partition coefficient (Wildman–Crippen LogP) is 6.60. The standard InChI is InChI=1S/C35H27ClN2O5/c1-18-14-22-15-25(18)31-30(22)33(40)38(34(31)41)23-10-8-20(9-11-23)28-16-26(24-12-13-27(36)19(2)32(24)37-28)35(42)43-17-29(39)21-6-4-3-5-7-21/h3-14,16,22,25,30-31H,15,17H2,1-2H3. The molecule has 2 amide bonds. The van der Waals surface area contributed by atoms with Gasteiger partial charge in [0.15, 0.2) is 12.4 Å². The number of ether oxygens (including phenoxy) is 1. The van der Waals surface area contributed by atoms with Crippen LogP contribution in [0.5, 0.6) is 0 Å². The zero-order valence-corrected chi connectivity index (χ0v) is 24.3. The molecule has 0 spiro atoms. The van der Waals surface area contributed by atoms with Gasteiger partial charge in [0.05, 0.1) is 34.3 Å². The quantitative estimate of drug-likeness (QED) is 0.109. The van der Waals surface area contributed by atoms with Crippen LogP contribution >= 0.6 is 11.6 Å². The number of carbonyl (C=O) groups excluding carboxylic acids is 4. The molecule has 0 radical (unpaired) electrons. The van der Waals surface area contributed by atoms with Gasteiger partial charge in [-0.15, -0.1) is 0 Å². The maximum Gasteiger partial charge on any atom is 0.339 e. The van der Waals surface area contributed by atoms with Crippen LogP contribution in [0.4, 0.5) is 5.69 Å². The van der Waals surface area contributed by atoms with Crippen molar-refractivity contribution in [1.82, 2.24) is 4.98 Å². The third kappa shape index (κ3) is 4.38. The number of carbonyl (C=O) groups is 4. The molecule has 2 aliphatic carbocycles. The van der Waals surface area contributed by atoms with Gasteiger partial charge in [0.25, 0.3) is 0 Å². The zero-order valence-electron chi connectivity index (χ0n) is 23.5. The lowest BCUT2D eigenvalue weighted by Crippen LogP contribution is -2.32. The highest BCUT2D eigenvalue weighted by atomic mass is 35.5. The van der Waals surface area contributed by atoms with E-state index in [0.717, 1.165) is 6.42 Å². The number of aromatic nitrogens is 1. The summed E-state index contributed by atoms with van der Waals surface area (Å²) in [6, 6.07) is 20.7. The number of halogens is 1. The smallest absolute Gasteiger partial charge is 0.339 e. The zero-order chi connectivity index (χ0) is 30.0. The fraction of sp³-hybridized carbons (Fsp3) is 0.229. The van der Waals surface area contributed by atoms with Gasteiger partial charge >= 0.3 is 5.97 Å². The van der Waals surface area contributed by atoms with E-state index in [4.69, 9.17) is 21.3 Å². The first-order valence-corrected chi connectivity index (χ1v) is 14.6. The van der Waals surface area contributed by atoms with Crippen molar-refractivity contribution in [3.63, 3.8) is 0 Å². The lowest BCUT2D eigenvalue weighted by Gasteiger charge is -2.19. The Labute approximate surface area is 253 Å². The number of Topliss-reactive ketones (excluding diaryl/α,β-unsaturated/α-hetero) is 1. The number of aryl methyl sites for hydroxylation is 1. The van der Waals surface area contributed by atoms with Crippen molar-refractivity contribution in [2.45, 2.75) is 20.3 Å². The number of fused-ring (bicyclic) bond motifs is 6. The molecule has 2 heterocycles. The van der Waals surface area contributed by atoms with Crippen molar-refractivity contribution in [1.29, 1.82) is 0 Å². The van der Waals surface area contributed by atoms with E-state index in [0.29, 0.717) is 44.0 Å². The molecule has 4 atom stereocenters. The topological polar surface area (TPSA) is 93.6 Å². The Hall–Kier alpha value is -4.62. The van der Waals surface area contributed by atoms with Gasteiger partial charge in [-0.05, 0) is 61.9 Å². The molecule has 4 aromatic rings. The van der Waals surface area contributed by atoms with E-state index in [9.17, 15) is 19.2 Å². The molecule has 7 nitrogen and oxygen atoms in total. The van der Waals surface area contributed by atoms with Crippen molar-refractivity contribution >= 4 is 51.8 Å². The van der Waals surface area contributed by atoms with Gasteiger partial charge in [0.1, 0.15) is 0 Å². The van der Waals surface area contributed by atoms with E-state index in [1.54, 1.807) is 72.8 Å². The maximum absolute atomic E-state index is 13.4. The maximum atomic E-state index is 13.4. The van der Waals surface area contributed by atoms with E-state index in [1.165, 1.54) is 10.5 Å². The molecule has 3 aliphatic rings. The highest BCUT2D eigenvalue weighted by Gasteiger charge is 2.60. The second-order valence-corrected chi connectivity index (χ2v) is 11.9. The van der Waals surface area contributed by atoms with E-state index in [1.807, 2.05) is 13.8 Å². The molecule has 8 heteroatoms. The summed E-state index contributed by atoms with van der Waals surface area (Å²) in [4.78, 5) is 58.8. The number of anilines is 1. The van der Waals surface area contributed by atoms with Gasteiger partial charge in [-0.3, -0.25) is 19.3 Å². The molecule has 4 unspecified atom stereocenters. The Morgan fingerprint density at radius 2 is 1.67 bits per heavy atom. The Morgan fingerprint density at radius 1 is 0.953 bits per heavy atom. The summed E-state index contributed by atoms with van der Waals surface area (Å²) in [5, 5.41) is 1.05. The van der Waals surface area contributed by atoms with Crippen LogP contribution in [-0.4, -0.2) is 35.2 Å². The molecule has 3 aromatic carbocycles. The molecule has 1 aliphatic heterocycles. The van der Waals surface area contributed by atoms with E-state index < -0.39 is 12.6 Å². The molecule has 1 saturated carbocycles. The molecule has 0 N–H and O–H groups in total. The van der Waals surface area contributed by atoms with Crippen LogP contribution in [0.15, 0.2) is 84.4 Å². The molecule has 1 aromatic heterocycles. The molecule has 1 saturated heterocycles. The second kappa shape index (κ2) is 10.3. The van der Waals surface area contributed by atoms with Gasteiger partial charge in [-0.2, -0.15) is 0 Å². The Bertz CT molecular complexity index is 1880. The number of hydrogen-bond donors (Lipinski definition) is 0. The number of hydrogen-bond acceptors (Lipinski definition) is 6. The first kappa shape index (κ1) is 27.2. The lowest BCUT2D eigenvalue weighted by molar-refractivity contribution is -0.123. The number of benzene rings is 3. The molecule has 2 fully saturated rings. The summed E-state index contributed by atoms with van der Waals surface area (Å²) in [5.41, 5.74) is 4.83. The average Bonchev–Trinajstić information content (AvgIpc) is 3.67. The van der Waals surface area contributed by atoms with Crippen LogP contribution in [-0.2, 0) is 14.3 Å². The van der Waals surface area contributed by atoms with Crippen molar-refractivity contribution in [3.05, 3.63) is 106 Å². The fourth-order valence-electron chi connectivity index (χ4n) is 6.95. The normalized spacial score (nSPS) is 22.2. The number of esters is 1. The van der Waals surface area contributed by atoms with Crippen LogP contribution in [0.25, 0.3) is 22.2 Å². The van der Waals surface area contributed by atoms with Gasteiger partial charge in [-0.25, -0.2) is 9.78 Å². The van der Waals surface area contributed by atoms with Crippen molar-refractivity contribution in [2.75, 3.05) is 11.5 Å². The SMILES string of the molecule is CC1=CC2CC1C1C(=O)N(c3ccc(-c4cc(C(=O)OCC(=O)c5ccccc5)c5ccc(Cl)c(C)c5n4)cc3)C(=O)C21. The van der Waals surface area contributed by atoms with Gasteiger partial charge in [-0.1, -0.05) is 71.8 Å². The number of ketones is 1. The molecular formula is C35H27ClN2O5. The molecule has 2 bridgehead atoms. The van der Waals surface area contributed by atoms with Crippen molar-refractivity contribution in [2.24, 2.45) is 23.7 Å². The van der Waals surface area contributed by atoms with Gasteiger partial charge in [0, 0.05) is 21.5 Å². The summed E-state index contributed by atoms with van der Waals surface area (Å²) in [6.07, 6.45) is 3.04. The minimum absolute atomic E-state index is 0.133. The fourth-order valence-corrected chi connectivity index (χ4v) is 7.10. The summed E-state index contributed by atoms with van der Waals surface area (Å²) in [5.74, 6) is -1.51. The summed E-state index contributed by atoms with van der Waals surface area (Å²) < 4.78 is 5.45. The lowest BCUT2D eigenvalue weighted by atomic mass is 9.82. The predicted molar refractivity (Wildman–Crippen MR) is 163 cm³/mol. The highest BCUT2D eigenvalue weighted by molar-refractivity contribution is 6.32. The average molecular weight is 591 g/mol. The first-order valence-electron chi connectivity index (χ1n) is 14.2. The van der Waals surface area contributed by atoms with Crippen molar-refractivity contribution in [3.8, 4) is 11.3 Å². The summed E-state index contributed by atoms with van der Waals surface area (Å²) >= 11 is 6.41. The largest absolute Gasteiger partial charge is 0.454 e. The molecular weight excluding hydrogens is 564 g/mol. The molecule has 43 heavy (non-hydrogen) atoms. The summed E-state index contributed by atoms with van der Waals surface area (Å²) in [6.45, 7) is 3.47. The summed E-state index contributed by atoms with van der Waals surface area (Å²) in [7, 11) is 0. The first-order chi connectivity index (χ1) is 20.7. The minimum atomic E-state index is -0.658. The van der Waals surface area contributed by atoms with Crippen LogP contribution in [0.3, 0.4) is 0 Å². The van der Waals surface area contributed by atoms with Crippen LogP contribution in [0.1, 0.15) is 39.6 Å². The van der Waals surface area contributed by atoms with E-state index in [2.05, 4.69) is 6.08 Å². The number of imide groups is 1. The van der Waals surface area contributed by atoms with E-state index in [-0.39, 0.29) is 46.8 Å². The molecule has 7 rings (SSSR count). The van der Waals surface area contributed by atoms with Crippen molar-refractivity contribution < 1.29 is 23.9 Å². The number of allylic oxidation sites excluding steroid dienone is 2. The number of amides is 2. The monoisotopic (exact) mass is 590 g/mol. The Morgan fingerprint density at radius 3 is 2.42 bits per heavy atom. The Kier molecular flexibility index (Phi) is 6.51. The van der Waals surface area contributed by atoms with E-state index >= 15 is 0 Å². The number of rotatable bonds is 6. The van der Waals surface area contributed by atoms with Crippen LogP contribution in [0.2, 0.25) is 5.02 Å². The van der Waals surface area contributed by atoms with Crippen LogP contribution < -0.4 is 4.90 Å². The molecule has 214 valence electrons. The van der Waals surface area contributed by atoms with Crippen LogP contribution in [0, 0.1) is 30.6 Å². The number of pyridine rings is 1. The third-order valence-corrected chi connectivity index (χ3v) is 9.53. The van der Waals surface area contributed by atoms with Gasteiger partial charge < -0.3 is 4.74 Å². The van der Waals surface area contributed by atoms with Gasteiger partial charge in [0.2, 0.25) is 11.8 Å². The third-order valence-electron chi connectivity index (χ3n) is 9.12. The Balaban J connectivity index is 1.19. The minimum Gasteiger partial charge on any atom is -0.454 e. The second-order valence-electron chi connectivity index (χ2n) is 11.5. The number of nitrogens with zero attached hydrogens (tertiary/aromatic N) is 2.